The van der Waals surface area contributed by atoms with E-state index in [4.69, 9.17) is 56.2 Å². The lowest BCUT2D eigenvalue weighted by molar-refractivity contribution is -0.117. The molecule has 2 aliphatic rings. The average Bonchev–Trinajstić information content (AvgIpc) is 4.04. The minimum Gasteiger partial charge on any atom is -0.466 e. The van der Waals surface area contributed by atoms with Crippen LogP contribution in [-0.4, -0.2) is 109 Å². The summed E-state index contributed by atoms with van der Waals surface area (Å²) in [6.45, 7) is 68.4. The van der Waals surface area contributed by atoms with Crippen LogP contribution in [-0.2, 0) is 73.4 Å². The highest BCUT2D eigenvalue weighted by atomic mass is 16.7. The summed E-state index contributed by atoms with van der Waals surface area (Å²) in [5.41, 5.74) is 0.0736. The highest BCUT2D eigenvalue weighted by Crippen LogP contribution is 2.34. The molecule has 0 radical (unpaired) electrons. The van der Waals surface area contributed by atoms with E-state index >= 15 is 0 Å². The molecule has 0 bridgehead atoms. The first-order valence-corrected chi connectivity index (χ1v) is 30.0. The van der Waals surface area contributed by atoms with Crippen molar-refractivity contribution in [2.45, 2.75) is 335 Å². The van der Waals surface area contributed by atoms with Gasteiger partial charge >= 0.3 is 0 Å². The highest BCUT2D eigenvalue weighted by molar-refractivity contribution is 5.08. The number of fused-ring (bicyclic) bond motifs is 1. The van der Waals surface area contributed by atoms with Crippen LogP contribution < -0.4 is 0 Å². The van der Waals surface area contributed by atoms with Gasteiger partial charge in [0.2, 0.25) is 0 Å². The van der Waals surface area contributed by atoms with E-state index < -0.39 is 0 Å². The topological polar surface area (TPSA) is 119 Å². The van der Waals surface area contributed by atoms with Gasteiger partial charge in [0, 0.05) is 39.3 Å². The second-order valence-electron chi connectivity index (χ2n) is 31.7. The summed E-state index contributed by atoms with van der Waals surface area (Å²) in [5.74, 6) is 3.97. The van der Waals surface area contributed by atoms with Crippen LogP contribution in [0.5, 0.6) is 0 Å². The fraction of sp³-hybridized carbons (Fsp3) is 0.881. The number of rotatable bonds is 19. The van der Waals surface area contributed by atoms with E-state index in [1.807, 2.05) is 53.7 Å². The van der Waals surface area contributed by atoms with E-state index in [1.54, 1.807) is 0 Å². The number of hydrogen-bond acceptors (Lipinski definition) is 12. The largest absolute Gasteiger partial charge is 0.466 e. The van der Waals surface area contributed by atoms with Crippen molar-refractivity contribution in [2.24, 2.45) is 10.8 Å². The van der Waals surface area contributed by atoms with Gasteiger partial charge in [-0.25, -0.2) is 0 Å². The Labute approximate surface area is 487 Å². The first-order valence-electron chi connectivity index (χ1n) is 30.0. The molecule has 12 nitrogen and oxygen atoms in total. The molecule has 0 N–H and O–H groups in total. The molecule has 4 heterocycles. The van der Waals surface area contributed by atoms with Gasteiger partial charge in [0.1, 0.15) is 60.7 Å². The molecule has 0 amide bonds. The molecular weight excluding hydrogens is 997 g/mol. The van der Waals surface area contributed by atoms with Gasteiger partial charge in [0.05, 0.1) is 58.0 Å². The van der Waals surface area contributed by atoms with Crippen LogP contribution in [0.25, 0.3) is 0 Å². The Balaban J connectivity index is 0.000000969. The summed E-state index contributed by atoms with van der Waals surface area (Å²) in [6.07, 6.45) is 7.64. The number of furan rings is 2. The van der Waals surface area contributed by atoms with Crippen molar-refractivity contribution in [1.82, 2.24) is 0 Å². The smallest absolute Gasteiger partial charge is 0.130 e. The maximum absolute atomic E-state index is 5.99. The van der Waals surface area contributed by atoms with Gasteiger partial charge in [-0.1, -0.05) is 41.5 Å². The van der Waals surface area contributed by atoms with Crippen molar-refractivity contribution in [2.75, 3.05) is 39.6 Å². The lowest BCUT2D eigenvalue weighted by atomic mass is 9.90. The van der Waals surface area contributed by atoms with Crippen LogP contribution in [0.15, 0.2) is 33.1 Å². The molecule has 0 saturated carbocycles. The second-order valence-corrected chi connectivity index (χ2v) is 31.7. The van der Waals surface area contributed by atoms with Crippen LogP contribution in [0.4, 0.5) is 0 Å². The maximum atomic E-state index is 5.99. The second kappa shape index (κ2) is 33.6. The number of hydrogen-bond donors (Lipinski definition) is 0. The molecular formula is C67H128O12. The third-order valence-corrected chi connectivity index (χ3v) is 10.9. The van der Waals surface area contributed by atoms with Gasteiger partial charge in [-0.05, 0) is 233 Å². The van der Waals surface area contributed by atoms with Crippen molar-refractivity contribution >= 4 is 0 Å². The van der Waals surface area contributed by atoms with Crippen LogP contribution in [0.3, 0.4) is 0 Å². The number of unbranched alkanes of at least 4 members (excludes halogenated alkanes) is 1. The molecule has 0 aliphatic carbocycles. The predicted octanol–water partition coefficient (Wildman–Crippen LogP) is 17.7. The summed E-state index contributed by atoms with van der Waals surface area (Å²) >= 11 is 0. The van der Waals surface area contributed by atoms with E-state index in [2.05, 4.69) is 178 Å². The zero-order valence-corrected chi connectivity index (χ0v) is 57.1. The molecule has 79 heavy (non-hydrogen) atoms. The SMILES string of the molecule is CC(C)(C)CCc1ccc(CCC(C)(C)C)o1.CC(C)(C)OCCCCOC(C)(C)C.CC(C)(C)OCCCOC(C)(C)C.CC(C)(C)OCc1ccc(COC(C)(C)C)o1.CC(C)(C)O[C@H]1CO[C@H]2[C@@H]1OC[C@H]2OC(C)(C)C. The van der Waals surface area contributed by atoms with Gasteiger partial charge in [-0.3, -0.25) is 0 Å². The Morgan fingerprint density at radius 3 is 0.835 bits per heavy atom. The van der Waals surface area contributed by atoms with E-state index in [0.717, 1.165) is 81.6 Å². The summed E-state index contributed by atoms with van der Waals surface area (Å²) in [6, 6.07) is 8.16. The zero-order chi connectivity index (χ0) is 61.5. The Morgan fingerprint density at radius 1 is 0.329 bits per heavy atom. The van der Waals surface area contributed by atoms with Crippen LogP contribution in [0, 0.1) is 10.8 Å². The summed E-state index contributed by atoms with van der Waals surface area (Å²) in [4.78, 5) is 0. The Morgan fingerprint density at radius 2 is 0.582 bits per heavy atom. The van der Waals surface area contributed by atoms with E-state index in [-0.39, 0.29) is 69.2 Å². The third kappa shape index (κ3) is 48.3. The van der Waals surface area contributed by atoms with Gasteiger partial charge < -0.3 is 56.2 Å². The van der Waals surface area contributed by atoms with E-state index in [1.165, 1.54) is 12.8 Å². The minimum absolute atomic E-state index is 0.00904. The highest BCUT2D eigenvalue weighted by Gasteiger charge is 2.50. The quantitative estimate of drug-likeness (QED) is 0.125. The normalized spacial score (nSPS) is 18.6. The number of aryl methyl sites for hydroxylation is 2. The average molecular weight is 1130 g/mol. The lowest BCUT2D eigenvalue weighted by Crippen LogP contribution is -2.39. The Kier molecular flexibility index (Phi) is 32.8. The summed E-state index contributed by atoms with van der Waals surface area (Å²) in [5, 5.41) is 0. The molecule has 4 atom stereocenters. The van der Waals surface area contributed by atoms with Crippen LogP contribution in [0.2, 0.25) is 0 Å². The first kappa shape index (κ1) is 77.2. The van der Waals surface area contributed by atoms with E-state index in [9.17, 15) is 0 Å². The molecule has 0 spiro atoms. The maximum Gasteiger partial charge on any atom is 0.130 e. The van der Waals surface area contributed by atoms with Crippen LogP contribution >= 0.6 is 0 Å². The summed E-state index contributed by atoms with van der Waals surface area (Å²) in [7, 11) is 0. The van der Waals surface area contributed by atoms with Crippen molar-refractivity contribution in [3.63, 3.8) is 0 Å². The molecule has 4 rings (SSSR count). The fourth-order valence-corrected chi connectivity index (χ4v) is 7.16. The van der Waals surface area contributed by atoms with Gasteiger partial charge in [0.15, 0.2) is 0 Å². The zero-order valence-electron chi connectivity index (χ0n) is 57.1. The molecule has 0 aromatic carbocycles. The van der Waals surface area contributed by atoms with Crippen LogP contribution in [0.1, 0.15) is 263 Å². The number of ether oxygens (including phenoxy) is 10. The minimum atomic E-state index is -0.171. The van der Waals surface area contributed by atoms with E-state index in [0.29, 0.717) is 37.3 Å². The van der Waals surface area contributed by atoms with Gasteiger partial charge in [0.25, 0.3) is 0 Å². The monoisotopic (exact) mass is 1120 g/mol. The standard InChI is InChI=1S/C16H28O.C14H26O4.C14H24O3.C12H26O2.C11H24O2/c1-15(2,3)11-9-13-7-8-14(17-13)10-12-16(4,5)6;1-13(2,3)17-9-7-15-12-10(8-16-11(9)12)18-14(4,5)6;1-13(2,3)15-9-11-7-8-12(17-11)10-16-14(4,5)6;1-11(2,3)13-9-7-8-10-14-12(4,5)6;1-10(2,3)12-8-7-9-13-11(4,5)6/h7-8H,9-12H2,1-6H3;9-12H,7-8H2,1-6H3;7-8H,9-10H2,1-6H3;7-10H2,1-6H3;7-9H2,1-6H3/t;9-,10+,11-,12-;;;/m.1.../s1. The van der Waals surface area contributed by atoms with Crippen molar-refractivity contribution in [3.05, 3.63) is 47.3 Å². The Bertz CT molecular complexity index is 1640. The fourth-order valence-electron chi connectivity index (χ4n) is 7.16. The molecule has 468 valence electrons. The predicted molar refractivity (Wildman–Crippen MR) is 327 cm³/mol. The van der Waals surface area contributed by atoms with Gasteiger partial charge in [-0.15, -0.1) is 0 Å². The molecule has 2 fully saturated rings. The van der Waals surface area contributed by atoms with Crippen molar-refractivity contribution in [3.8, 4) is 0 Å². The molecule has 0 unspecified atom stereocenters. The molecule has 2 saturated heterocycles. The first-order chi connectivity index (χ1) is 35.4. The third-order valence-electron chi connectivity index (χ3n) is 10.9. The lowest BCUT2D eigenvalue weighted by Gasteiger charge is -2.27. The molecule has 2 aliphatic heterocycles. The molecule has 2 aromatic heterocycles. The Hall–Kier alpha value is -1.84. The molecule has 12 heteroatoms. The van der Waals surface area contributed by atoms with Crippen molar-refractivity contribution in [1.29, 1.82) is 0 Å². The van der Waals surface area contributed by atoms with Gasteiger partial charge in [-0.2, -0.15) is 0 Å². The summed E-state index contributed by atoms with van der Waals surface area (Å²) < 4.78 is 68.7. The van der Waals surface area contributed by atoms with Crippen molar-refractivity contribution < 1.29 is 56.2 Å². The molecule has 2 aromatic rings.